The van der Waals surface area contributed by atoms with Crippen LogP contribution in [0, 0.1) is 11.8 Å². The molecule has 1 rings (SSSR count). The number of alkyl halides is 3. The fraction of sp³-hybridized carbons (Fsp3) is 0.818. The largest absolute Gasteiger partial charge is 0.481 e. The third-order valence-electron chi connectivity index (χ3n) is 3.32. The molecule has 0 aromatic carbocycles. The van der Waals surface area contributed by atoms with Gasteiger partial charge in [0.25, 0.3) is 0 Å². The van der Waals surface area contributed by atoms with Crippen molar-refractivity contribution >= 4 is 21.7 Å². The van der Waals surface area contributed by atoms with Crippen LogP contribution in [0.1, 0.15) is 12.8 Å². The van der Waals surface area contributed by atoms with Crippen molar-refractivity contribution in [2.75, 3.05) is 25.1 Å². The van der Waals surface area contributed by atoms with Gasteiger partial charge in [0.2, 0.25) is 5.91 Å². The summed E-state index contributed by atoms with van der Waals surface area (Å²) in [4.78, 5) is 23.4. The van der Waals surface area contributed by atoms with Crippen LogP contribution >= 0.6 is 0 Å². The minimum Gasteiger partial charge on any atom is -0.481 e. The number of rotatable bonds is 5. The van der Waals surface area contributed by atoms with E-state index in [-0.39, 0.29) is 18.6 Å². The highest BCUT2D eigenvalue weighted by Gasteiger charge is 2.53. The zero-order chi connectivity index (χ0) is 16.4. The van der Waals surface area contributed by atoms with E-state index in [1.54, 1.807) is 0 Å². The van der Waals surface area contributed by atoms with Gasteiger partial charge in [-0.05, 0) is 6.42 Å². The molecular weight excluding hydrogens is 315 g/mol. The maximum Gasteiger partial charge on any atom is 0.394 e. The van der Waals surface area contributed by atoms with E-state index < -0.39 is 52.8 Å². The molecule has 10 heteroatoms. The van der Waals surface area contributed by atoms with Crippen molar-refractivity contribution in [3.8, 4) is 0 Å². The number of hydrogen-bond acceptors (Lipinski definition) is 4. The smallest absolute Gasteiger partial charge is 0.394 e. The summed E-state index contributed by atoms with van der Waals surface area (Å²) in [7, 11) is -3.25. The Labute approximate surface area is 119 Å². The van der Waals surface area contributed by atoms with Crippen LogP contribution in [0.25, 0.3) is 0 Å². The molecule has 0 bridgehead atoms. The summed E-state index contributed by atoms with van der Waals surface area (Å²) in [6.45, 7) is -1.20. The van der Waals surface area contributed by atoms with Gasteiger partial charge < -0.3 is 10.0 Å². The molecule has 2 atom stereocenters. The van der Waals surface area contributed by atoms with Gasteiger partial charge in [0.05, 0.1) is 17.6 Å². The molecule has 1 aliphatic heterocycles. The summed E-state index contributed by atoms with van der Waals surface area (Å²) in [6.07, 6.45) is -3.91. The summed E-state index contributed by atoms with van der Waals surface area (Å²) in [6, 6.07) is 0. The highest BCUT2D eigenvalue weighted by Crippen LogP contribution is 2.37. The molecule has 1 amide bonds. The van der Waals surface area contributed by atoms with E-state index in [0.717, 1.165) is 11.2 Å². The second kappa shape index (κ2) is 6.20. The number of nitrogens with zero attached hydrogens (tertiary/aromatic N) is 1. The molecule has 0 spiro atoms. The molecule has 0 aromatic rings. The average Bonchev–Trinajstić information content (AvgIpc) is 2.71. The zero-order valence-corrected chi connectivity index (χ0v) is 12.1. The van der Waals surface area contributed by atoms with Crippen LogP contribution in [0.5, 0.6) is 0 Å². The minimum atomic E-state index is -4.69. The fourth-order valence-electron chi connectivity index (χ4n) is 2.23. The zero-order valence-electron chi connectivity index (χ0n) is 11.3. The first-order chi connectivity index (χ1) is 9.42. The molecule has 6 nitrogen and oxygen atoms in total. The number of amides is 1. The van der Waals surface area contributed by atoms with Crippen LogP contribution in [0.4, 0.5) is 13.2 Å². The molecular formula is C11H16F3NO5S. The van der Waals surface area contributed by atoms with E-state index in [0.29, 0.717) is 0 Å². The van der Waals surface area contributed by atoms with Gasteiger partial charge in [-0.1, -0.05) is 0 Å². The number of aliphatic carboxylic acids is 1. The molecule has 1 fully saturated rings. The number of hydrogen-bond donors (Lipinski definition) is 1. The topological polar surface area (TPSA) is 91.8 Å². The predicted octanol–water partition coefficient (Wildman–Crippen LogP) is 0.533. The second-order valence-corrected chi connectivity index (χ2v) is 7.38. The SMILES string of the molecule is CS(=O)(=O)CCCC(=O)N1C[C@@H](C(F)(F)F)[C@H](C(=O)O)C1. The van der Waals surface area contributed by atoms with Crippen molar-refractivity contribution < 1.29 is 36.3 Å². The van der Waals surface area contributed by atoms with Gasteiger partial charge in [0.15, 0.2) is 0 Å². The Morgan fingerprint density at radius 1 is 1.29 bits per heavy atom. The molecule has 21 heavy (non-hydrogen) atoms. The Bertz CT molecular complexity index is 516. The van der Waals surface area contributed by atoms with Gasteiger partial charge >= 0.3 is 12.1 Å². The van der Waals surface area contributed by atoms with Gasteiger partial charge in [0.1, 0.15) is 9.84 Å². The first-order valence-electron chi connectivity index (χ1n) is 6.17. The van der Waals surface area contributed by atoms with Crippen LogP contribution in [0.3, 0.4) is 0 Å². The number of carbonyl (C=O) groups is 2. The summed E-state index contributed by atoms with van der Waals surface area (Å²) < 4.78 is 60.0. The second-order valence-electron chi connectivity index (χ2n) is 5.12. The minimum absolute atomic E-state index is 0.00257. The van der Waals surface area contributed by atoms with Gasteiger partial charge in [-0.25, -0.2) is 8.42 Å². The Morgan fingerprint density at radius 2 is 1.86 bits per heavy atom. The average molecular weight is 331 g/mol. The van der Waals surface area contributed by atoms with Gasteiger partial charge in [-0.3, -0.25) is 9.59 Å². The van der Waals surface area contributed by atoms with Gasteiger partial charge in [-0.2, -0.15) is 13.2 Å². The van der Waals surface area contributed by atoms with Crippen molar-refractivity contribution in [2.45, 2.75) is 19.0 Å². The Hall–Kier alpha value is -1.32. The van der Waals surface area contributed by atoms with E-state index >= 15 is 0 Å². The number of carboxylic acid groups (broad SMARTS) is 1. The highest BCUT2D eigenvalue weighted by atomic mass is 32.2. The summed E-state index contributed by atoms with van der Waals surface area (Å²) in [5, 5.41) is 8.81. The molecule has 0 aliphatic carbocycles. The first-order valence-corrected chi connectivity index (χ1v) is 8.23. The van der Waals surface area contributed by atoms with Gasteiger partial charge in [-0.15, -0.1) is 0 Å². The van der Waals surface area contributed by atoms with Crippen LogP contribution in [0.15, 0.2) is 0 Å². The lowest BCUT2D eigenvalue weighted by Crippen LogP contribution is -2.34. The molecule has 1 aliphatic rings. The Balaban J connectivity index is 2.65. The van der Waals surface area contributed by atoms with Crippen LogP contribution in [-0.4, -0.2) is 61.6 Å². The number of carbonyl (C=O) groups excluding carboxylic acids is 1. The van der Waals surface area contributed by atoms with E-state index in [1.807, 2.05) is 0 Å². The molecule has 0 unspecified atom stereocenters. The van der Waals surface area contributed by atoms with Crippen LogP contribution < -0.4 is 0 Å². The molecule has 0 saturated carbocycles. The first kappa shape index (κ1) is 17.7. The summed E-state index contributed by atoms with van der Waals surface area (Å²) >= 11 is 0. The lowest BCUT2D eigenvalue weighted by molar-refractivity contribution is -0.188. The lowest BCUT2D eigenvalue weighted by Gasteiger charge is -2.18. The van der Waals surface area contributed by atoms with Crippen LogP contribution in [0.2, 0.25) is 0 Å². The third kappa shape index (κ3) is 5.18. The van der Waals surface area contributed by atoms with E-state index in [1.165, 1.54) is 0 Å². The van der Waals surface area contributed by atoms with E-state index in [4.69, 9.17) is 5.11 Å². The lowest BCUT2D eigenvalue weighted by atomic mass is 9.96. The number of sulfone groups is 1. The summed E-state index contributed by atoms with van der Waals surface area (Å²) in [5.74, 6) is -6.25. The van der Waals surface area contributed by atoms with E-state index in [2.05, 4.69) is 0 Å². The number of halogens is 3. The van der Waals surface area contributed by atoms with Crippen molar-refractivity contribution in [3.05, 3.63) is 0 Å². The third-order valence-corrected chi connectivity index (χ3v) is 4.35. The van der Waals surface area contributed by atoms with Crippen molar-refractivity contribution in [2.24, 2.45) is 11.8 Å². The number of likely N-dealkylation sites (tertiary alicyclic amines) is 1. The predicted molar refractivity (Wildman–Crippen MR) is 66.2 cm³/mol. The summed E-state index contributed by atoms with van der Waals surface area (Å²) in [5.41, 5.74) is 0. The molecule has 0 aromatic heterocycles. The maximum absolute atomic E-state index is 12.7. The Morgan fingerprint density at radius 3 is 2.24 bits per heavy atom. The number of carboxylic acids is 1. The standard InChI is InChI=1S/C11H16F3NO5S/c1-21(19,20)4-2-3-9(16)15-5-7(10(17)18)8(6-15)11(12,13)14/h7-8H,2-6H2,1H3,(H,17,18)/t7-,8-/m1/s1. The highest BCUT2D eigenvalue weighted by molar-refractivity contribution is 7.90. The molecule has 1 N–H and O–H groups in total. The van der Waals surface area contributed by atoms with Crippen molar-refractivity contribution in [1.82, 2.24) is 4.90 Å². The maximum atomic E-state index is 12.7. The van der Waals surface area contributed by atoms with Crippen molar-refractivity contribution in [1.29, 1.82) is 0 Å². The molecule has 1 heterocycles. The van der Waals surface area contributed by atoms with E-state index in [9.17, 15) is 31.2 Å². The van der Waals surface area contributed by atoms with Crippen LogP contribution in [-0.2, 0) is 19.4 Å². The molecule has 122 valence electrons. The Kier molecular flexibility index (Phi) is 5.24. The van der Waals surface area contributed by atoms with Crippen molar-refractivity contribution in [3.63, 3.8) is 0 Å². The molecule has 1 saturated heterocycles. The monoisotopic (exact) mass is 331 g/mol. The van der Waals surface area contributed by atoms with Gasteiger partial charge in [0, 0.05) is 25.8 Å². The molecule has 0 radical (unpaired) electrons. The normalized spacial score (nSPS) is 23.3. The fourth-order valence-corrected chi connectivity index (χ4v) is 2.90. The quantitative estimate of drug-likeness (QED) is 0.793.